The molecule has 0 spiro atoms. The molecule has 5 rings (SSSR count). The van der Waals surface area contributed by atoms with Crippen LogP contribution in [0.3, 0.4) is 0 Å². The van der Waals surface area contributed by atoms with Crippen LogP contribution in [-0.2, 0) is 4.74 Å². The largest absolute Gasteiger partial charge is 0.460 e. The quantitative estimate of drug-likeness (QED) is 0.156. The smallest absolute Gasteiger partial charge is 0.317 e. The second kappa shape index (κ2) is 13.4. The van der Waals surface area contributed by atoms with Crippen LogP contribution in [0.2, 0.25) is 25.7 Å². The summed E-state index contributed by atoms with van der Waals surface area (Å²) in [6.07, 6.45) is 11.7. The van der Waals surface area contributed by atoms with Crippen molar-refractivity contribution in [2.45, 2.75) is 63.9 Å². The van der Waals surface area contributed by atoms with E-state index in [4.69, 9.17) is 24.4 Å². The van der Waals surface area contributed by atoms with Crippen LogP contribution in [0.15, 0.2) is 36.8 Å². The number of anilines is 3. The molecule has 0 bridgehead atoms. The monoisotopic (exact) mass is 581 g/mol. The molecular formula is C29H43N7O2SSi. The Morgan fingerprint density at radius 3 is 2.50 bits per heavy atom. The molecule has 0 atom stereocenters. The molecule has 216 valence electrons. The van der Waals surface area contributed by atoms with Gasteiger partial charge in [0.25, 0.3) is 0 Å². The Hall–Kier alpha value is -2.60. The van der Waals surface area contributed by atoms with Crippen molar-refractivity contribution in [2.24, 2.45) is 0 Å². The first-order valence-electron chi connectivity index (χ1n) is 14.5. The molecule has 2 aliphatic rings. The van der Waals surface area contributed by atoms with E-state index in [2.05, 4.69) is 58.5 Å². The van der Waals surface area contributed by atoms with Gasteiger partial charge in [-0.2, -0.15) is 4.98 Å². The zero-order valence-corrected chi connectivity index (χ0v) is 26.2. The van der Waals surface area contributed by atoms with Crippen molar-refractivity contribution in [1.82, 2.24) is 24.8 Å². The molecule has 1 aliphatic carbocycles. The minimum absolute atomic E-state index is 0.213. The van der Waals surface area contributed by atoms with E-state index in [9.17, 15) is 0 Å². The summed E-state index contributed by atoms with van der Waals surface area (Å²) in [5.41, 5.74) is 1.98. The second-order valence-corrected chi connectivity index (χ2v) is 18.7. The van der Waals surface area contributed by atoms with E-state index in [0.29, 0.717) is 12.7 Å². The summed E-state index contributed by atoms with van der Waals surface area (Å²) in [7, 11) is 0.985. The van der Waals surface area contributed by atoms with Gasteiger partial charge in [0.2, 0.25) is 0 Å². The summed E-state index contributed by atoms with van der Waals surface area (Å²) in [6, 6.07) is 7.73. The summed E-state index contributed by atoms with van der Waals surface area (Å²) in [4.78, 5) is 26.5. The Balaban J connectivity index is 1.32. The van der Waals surface area contributed by atoms with Crippen LogP contribution < -0.4 is 14.5 Å². The zero-order chi connectivity index (χ0) is 28.0. The molecule has 0 unspecified atom stereocenters. The summed E-state index contributed by atoms with van der Waals surface area (Å²) in [5, 5.41) is 0.830. The standard InChI is InChI=1S/C29H43N7O2SSi/c1-34-14-16-35(17-15-34)23-10-11-27(31-20-23)36(22-37-18-19-40(2,3)4)29-32-21-26(39-29)25-12-13-30-28(33-25)38-24-8-6-5-7-9-24/h10-13,20-21,24H,5-9,14-19,22H2,1-4H3. The van der Waals surface area contributed by atoms with Crippen molar-refractivity contribution in [3.05, 3.63) is 36.8 Å². The van der Waals surface area contributed by atoms with Crippen molar-refractivity contribution in [3.63, 3.8) is 0 Å². The van der Waals surface area contributed by atoms with E-state index < -0.39 is 8.07 Å². The van der Waals surface area contributed by atoms with E-state index >= 15 is 0 Å². The second-order valence-electron chi connectivity index (χ2n) is 12.1. The summed E-state index contributed by atoms with van der Waals surface area (Å²) < 4.78 is 12.3. The van der Waals surface area contributed by atoms with Gasteiger partial charge in [-0.25, -0.2) is 15.0 Å². The molecule has 0 amide bonds. The summed E-state index contributed by atoms with van der Waals surface area (Å²) >= 11 is 1.58. The van der Waals surface area contributed by atoms with Crippen LogP contribution in [0, 0.1) is 0 Å². The van der Waals surface area contributed by atoms with Crippen molar-refractivity contribution >= 4 is 36.0 Å². The highest BCUT2D eigenvalue weighted by Crippen LogP contribution is 2.34. The van der Waals surface area contributed by atoms with Gasteiger partial charge in [-0.3, -0.25) is 4.90 Å². The molecule has 3 aromatic heterocycles. The highest BCUT2D eigenvalue weighted by atomic mass is 32.1. The number of hydrogen-bond donors (Lipinski definition) is 0. The fourth-order valence-corrected chi connectivity index (χ4v) is 6.56. The lowest BCUT2D eigenvalue weighted by atomic mass is 9.98. The lowest BCUT2D eigenvalue weighted by molar-refractivity contribution is 0.142. The van der Waals surface area contributed by atoms with Crippen molar-refractivity contribution in [2.75, 3.05) is 56.4 Å². The van der Waals surface area contributed by atoms with Crippen LogP contribution in [0.25, 0.3) is 10.6 Å². The first-order chi connectivity index (χ1) is 19.3. The molecule has 1 saturated carbocycles. The minimum atomic E-state index is -1.19. The molecule has 4 heterocycles. The molecule has 11 heteroatoms. The number of pyridine rings is 1. The molecule has 1 aliphatic heterocycles. The molecule has 40 heavy (non-hydrogen) atoms. The molecule has 1 saturated heterocycles. The maximum absolute atomic E-state index is 6.18. The minimum Gasteiger partial charge on any atom is -0.460 e. The number of aromatic nitrogens is 4. The molecule has 0 radical (unpaired) electrons. The van der Waals surface area contributed by atoms with Gasteiger partial charge in [-0.15, -0.1) is 0 Å². The van der Waals surface area contributed by atoms with Crippen LogP contribution in [-0.4, -0.2) is 85.6 Å². The first kappa shape index (κ1) is 28.9. The number of piperazine rings is 1. The Morgan fingerprint density at radius 2 is 1.77 bits per heavy atom. The van der Waals surface area contributed by atoms with Gasteiger partial charge in [0.05, 0.1) is 22.5 Å². The lowest BCUT2D eigenvalue weighted by Crippen LogP contribution is -2.44. The molecule has 0 aromatic carbocycles. The third kappa shape index (κ3) is 7.99. The first-order valence-corrected chi connectivity index (χ1v) is 19.1. The van der Waals surface area contributed by atoms with Gasteiger partial charge < -0.3 is 19.3 Å². The Labute approximate surface area is 243 Å². The molecule has 2 fully saturated rings. The summed E-state index contributed by atoms with van der Waals surface area (Å²) in [6.45, 7) is 12.4. The van der Waals surface area contributed by atoms with Gasteiger partial charge >= 0.3 is 6.01 Å². The maximum atomic E-state index is 6.18. The normalized spacial score (nSPS) is 17.2. The van der Waals surface area contributed by atoms with E-state index in [1.54, 1.807) is 17.5 Å². The average Bonchev–Trinajstić information content (AvgIpc) is 3.44. The zero-order valence-electron chi connectivity index (χ0n) is 24.4. The number of rotatable bonds is 11. The highest BCUT2D eigenvalue weighted by Gasteiger charge is 2.21. The predicted octanol–water partition coefficient (Wildman–Crippen LogP) is 5.91. The van der Waals surface area contributed by atoms with Gasteiger partial charge in [0, 0.05) is 53.3 Å². The molecule has 9 nitrogen and oxygen atoms in total. The third-order valence-corrected chi connectivity index (χ3v) is 10.3. The third-order valence-electron chi connectivity index (χ3n) is 7.53. The SMILES string of the molecule is CN1CCN(c2ccc(N(COCC[Si](C)(C)C)c3ncc(-c4ccnc(OC5CCCCC5)n4)s3)nc2)CC1. The van der Waals surface area contributed by atoms with Gasteiger partial charge in [0.1, 0.15) is 18.7 Å². The fraction of sp³-hybridized carbons (Fsp3) is 0.586. The fourth-order valence-electron chi connectivity index (χ4n) is 4.92. The Morgan fingerprint density at radius 1 is 0.975 bits per heavy atom. The lowest BCUT2D eigenvalue weighted by Gasteiger charge is -2.34. The highest BCUT2D eigenvalue weighted by molar-refractivity contribution is 7.18. The topological polar surface area (TPSA) is 79.7 Å². The molecular weight excluding hydrogens is 539 g/mol. The predicted molar refractivity (Wildman–Crippen MR) is 166 cm³/mol. The van der Waals surface area contributed by atoms with Gasteiger partial charge in [0.15, 0.2) is 5.13 Å². The van der Waals surface area contributed by atoms with Gasteiger partial charge in [-0.1, -0.05) is 37.4 Å². The van der Waals surface area contributed by atoms with E-state index in [-0.39, 0.29) is 6.10 Å². The molecule has 0 N–H and O–H groups in total. The average molecular weight is 582 g/mol. The summed E-state index contributed by atoms with van der Waals surface area (Å²) in [5.74, 6) is 0.829. The van der Waals surface area contributed by atoms with Gasteiger partial charge in [-0.05, 0) is 57.0 Å². The number of nitrogens with zero attached hydrogens (tertiary/aromatic N) is 7. The van der Waals surface area contributed by atoms with Crippen molar-refractivity contribution in [1.29, 1.82) is 0 Å². The van der Waals surface area contributed by atoms with Crippen LogP contribution in [0.1, 0.15) is 32.1 Å². The van der Waals surface area contributed by atoms with E-state index in [0.717, 1.165) is 78.9 Å². The Bertz CT molecular complexity index is 1210. The number of ether oxygens (including phenoxy) is 2. The number of thiazole rings is 1. The van der Waals surface area contributed by atoms with Crippen molar-refractivity contribution < 1.29 is 9.47 Å². The van der Waals surface area contributed by atoms with Crippen LogP contribution in [0.4, 0.5) is 16.6 Å². The maximum Gasteiger partial charge on any atom is 0.317 e. The van der Waals surface area contributed by atoms with Crippen molar-refractivity contribution in [3.8, 4) is 16.6 Å². The van der Waals surface area contributed by atoms with Crippen LogP contribution in [0.5, 0.6) is 6.01 Å². The number of hydrogen-bond acceptors (Lipinski definition) is 10. The molecule has 3 aromatic rings. The number of likely N-dealkylation sites (N-methyl/N-ethyl adjacent to an activating group) is 1. The Kier molecular flexibility index (Phi) is 9.66. The van der Waals surface area contributed by atoms with Crippen LogP contribution >= 0.6 is 11.3 Å². The van der Waals surface area contributed by atoms with E-state index in [1.165, 1.54) is 19.3 Å². The van der Waals surface area contributed by atoms with E-state index in [1.807, 2.05) is 18.5 Å².